The summed E-state index contributed by atoms with van der Waals surface area (Å²) in [6.45, 7) is 7.75. The van der Waals surface area contributed by atoms with Crippen molar-refractivity contribution in [3.8, 4) is 0 Å². The van der Waals surface area contributed by atoms with Crippen molar-refractivity contribution < 1.29 is 27.1 Å². The summed E-state index contributed by atoms with van der Waals surface area (Å²) in [7, 11) is -3.78. The molecule has 1 aliphatic rings. The minimum atomic E-state index is -3.78. The molecular weight excluding hydrogens is 447 g/mol. The molecule has 0 spiro atoms. The normalized spacial score (nSPS) is 16.3. The van der Waals surface area contributed by atoms with Gasteiger partial charge in [-0.2, -0.15) is 4.31 Å². The van der Waals surface area contributed by atoms with E-state index in [9.17, 15) is 22.4 Å². The summed E-state index contributed by atoms with van der Waals surface area (Å²) in [5.74, 6) is -1.68. The van der Waals surface area contributed by atoms with E-state index in [-0.39, 0.29) is 16.1 Å². The van der Waals surface area contributed by atoms with Crippen molar-refractivity contribution in [2.24, 2.45) is 5.92 Å². The molecule has 0 radical (unpaired) electrons. The van der Waals surface area contributed by atoms with E-state index in [1.54, 1.807) is 19.9 Å². The summed E-state index contributed by atoms with van der Waals surface area (Å²) in [6, 6.07) is 8.49. The van der Waals surface area contributed by atoms with Crippen LogP contribution >= 0.6 is 0 Å². The highest BCUT2D eigenvalue weighted by atomic mass is 32.2. The maximum Gasteiger partial charge on any atom is 0.338 e. The Kier molecular flexibility index (Phi) is 7.54. The van der Waals surface area contributed by atoms with Crippen molar-refractivity contribution in [1.29, 1.82) is 0 Å². The van der Waals surface area contributed by atoms with E-state index in [2.05, 4.69) is 12.2 Å². The third kappa shape index (κ3) is 5.59. The Morgan fingerprint density at radius 2 is 1.79 bits per heavy atom. The first kappa shape index (κ1) is 24.9. The molecule has 0 bridgehead atoms. The number of anilines is 1. The van der Waals surface area contributed by atoms with Crippen LogP contribution in [-0.2, 0) is 19.6 Å². The zero-order valence-electron chi connectivity index (χ0n) is 19.2. The second-order valence-electron chi connectivity index (χ2n) is 8.52. The standard InChI is InChI=1S/C24H29FN2O5S/c1-15-9-11-27(12-10-15)33(30,31)22-14-19(13-16(2)17(22)3)24(29)32-18(4)23(28)26-21-8-6-5-7-20(21)25/h5-8,13-15,18H,9-12H2,1-4H3,(H,26,28). The highest BCUT2D eigenvalue weighted by molar-refractivity contribution is 7.89. The number of para-hydroxylation sites is 1. The number of nitrogens with one attached hydrogen (secondary N) is 1. The molecule has 1 N–H and O–H groups in total. The SMILES string of the molecule is Cc1cc(C(=O)OC(C)C(=O)Nc2ccccc2F)cc(S(=O)(=O)N2CCC(C)CC2)c1C. The summed E-state index contributed by atoms with van der Waals surface area (Å²) in [5.41, 5.74) is 1.20. The van der Waals surface area contributed by atoms with Gasteiger partial charge in [0.25, 0.3) is 5.91 Å². The van der Waals surface area contributed by atoms with Crippen LogP contribution in [0.4, 0.5) is 10.1 Å². The summed E-state index contributed by atoms with van der Waals surface area (Å²) in [4.78, 5) is 25.2. The molecule has 1 atom stereocenters. The third-order valence-corrected chi connectivity index (χ3v) is 8.03. The first-order valence-electron chi connectivity index (χ1n) is 10.9. The number of piperidine rings is 1. The van der Waals surface area contributed by atoms with Crippen molar-refractivity contribution in [3.05, 3.63) is 58.9 Å². The number of carbonyl (C=O) groups excluding carboxylic acids is 2. The fourth-order valence-corrected chi connectivity index (χ4v) is 5.45. The average molecular weight is 477 g/mol. The lowest BCUT2D eigenvalue weighted by atomic mass is 10.0. The van der Waals surface area contributed by atoms with Crippen LogP contribution in [-0.4, -0.2) is 43.8 Å². The minimum Gasteiger partial charge on any atom is -0.449 e. The topological polar surface area (TPSA) is 92.8 Å². The predicted molar refractivity (Wildman–Crippen MR) is 123 cm³/mol. The first-order chi connectivity index (χ1) is 15.5. The summed E-state index contributed by atoms with van der Waals surface area (Å²) in [5, 5.41) is 2.38. The lowest BCUT2D eigenvalue weighted by Crippen LogP contribution is -2.38. The molecule has 1 unspecified atom stereocenters. The second kappa shape index (κ2) is 10.0. The number of esters is 1. The molecule has 0 aromatic heterocycles. The lowest BCUT2D eigenvalue weighted by molar-refractivity contribution is -0.123. The Hall–Kier alpha value is -2.78. The van der Waals surface area contributed by atoms with E-state index in [0.717, 1.165) is 12.8 Å². The largest absolute Gasteiger partial charge is 0.449 e. The maximum atomic E-state index is 13.8. The molecule has 0 saturated carbocycles. The fourth-order valence-electron chi connectivity index (χ4n) is 3.66. The van der Waals surface area contributed by atoms with Crippen molar-refractivity contribution in [2.45, 2.75) is 51.5 Å². The number of carbonyl (C=O) groups is 2. The minimum absolute atomic E-state index is 0.0270. The van der Waals surface area contributed by atoms with E-state index in [1.807, 2.05) is 0 Å². The average Bonchev–Trinajstić information content (AvgIpc) is 2.77. The summed E-state index contributed by atoms with van der Waals surface area (Å²) in [6.07, 6.45) is 0.351. The number of benzene rings is 2. The third-order valence-electron chi connectivity index (χ3n) is 6.00. The molecule has 1 saturated heterocycles. The van der Waals surface area contributed by atoms with Crippen LogP contribution in [0.1, 0.15) is 48.2 Å². The molecule has 33 heavy (non-hydrogen) atoms. The molecule has 1 fully saturated rings. The molecule has 7 nitrogen and oxygen atoms in total. The Morgan fingerprint density at radius 1 is 1.15 bits per heavy atom. The highest BCUT2D eigenvalue weighted by Crippen LogP contribution is 2.28. The van der Waals surface area contributed by atoms with Gasteiger partial charge in [-0.15, -0.1) is 0 Å². The van der Waals surface area contributed by atoms with E-state index in [4.69, 9.17) is 4.74 Å². The van der Waals surface area contributed by atoms with Crippen LogP contribution in [0.2, 0.25) is 0 Å². The molecule has 1 aliphatic heterocycles. The quantitative estimate of drug-likeness (QED) is 0.635. The second-order valence-corrected chi connectivity index (χ2v) is 10.4. The predicted octanol–water partition coefficient (Wildman–Crippen LogP) is 4.05. The van der Waals surface area contributed by atoms with Gasteiger partial charge in [0.1, 0.15) is 5.82 Å². The van der Waals surface area contributed by atoms with E-state index < -0.39 is 33.8 Å². The van der Waals surface area contributed by atoms with Gasteiger partial charge in [-0.25, -0.2) is 17.6 Å². The number of hydrogen-bond donors (Lipinski definition) is 1. The Morgan fingerprint density at radius 3 is 2.42 bits per heavy atom. The number of nitrogens with zero attached hydrogens (tertiary/aromatic N) is 1. The molecule has 1 heterocycles. The Bertz CT molecular complexity index is 1160. The molecule has 2 aromatic rings. The molecular formula is C24H29FN2O5S. The van der Waals surface area contributed by atoms with E-state index in [0.29, 0.717) is 30.1 Å². The van der Waals surface area contributed by atoms with Crippen LogP contribution < -0.4 is 5.32 Å². The number of sulfonamides is 1. The van der Waals surface area contributed by atoms with Crippen molar-refractivity contribution in [2.75, 3.05) is 18.4 Å². The van der Waals surface area contributed by atoms with Gasteiger partial charge in [0.05, 0.1) is 16.1 Å². The molecule has 1 amide bonds. The molecule has 0 aliphatic carbocycles. The lowest BCUT2D eigenvalue weighted by Gasteiger charge is -2.30. The van der Waals surface area contributed by atoms with Crippen LogP contribution in [0.5, 0.6) is 0 Å². The van der Waals surface area contributed by atoms with Crippen LogP contribution in [0.25, 0.3) is 0 Å². The van der Waals surface area contributed by atoms with Crippen molar-refractivity contribution in [1.82, 2.24) is 4.31 Å². The first-order valence-corrected chi connectivity index (χ1v) is 12.3. The Balaban J connectivity index is 1.79. The smallest absolute Gasteiger partial charge is 0.338 e. The van der Waals surface area contributed by atoms with E-state index in [1.165, 1.54) is 41.6 Å². The fraction of sp³-hybridized carbons (Fsp3) is 0.417. The number of halogens is 1. The number of ether oxygens (including phenoxy) is 1. The molecule has 2 aromatic carbocycles. The van der Waals surface area contributed by atoms with Gasteiger partial charge in [-0.3, -0.25) is 4.79 Å². The summed E-state index contributed by atoms with van der Waals surface area (Å²) < 4.78 is 47.0. The number of rotatable bonds is 6. The van der Waals surface area contributed by atoms with Gasteiger partial charge < -0.3 is 10.1 Å². The van der Waals surface area contributed by atoms with Gasteiger partial charge in [0, 0.05) is 13.1 Å². The number of aryl methyl sites for hydroxylation is 1. The summed E-state index contributed by atoms with van der Waals surface area (Å²) >= 11 is 0. The molecule has 9 heteroatoms. The van der Waals surface area contributed by atoms with Gasteiger partial charge in [-0.1, -0.05) is 19.1 Å². The highest BCUT2D eigenvalue weighted by Gasteiger charge is 2.31. The van der Waals surface area contributed by atoms with Crippen LogP contribution in [0.15, 0.2) is 41.3 Å². The monoisotopic (exact) mass is 476 g/mol. The van der Waals surface area contributed by atoms with Gasteiger partial charge in [0.15, 0.2) is 6.10 Å². The van der Waals surface area contributed by atoms with Gasteiger partial charge >= 0.3 is 5.97 Å². The molecule has 178 valence electrons. The van der Waals surface area contributed by atoms with E-state index >= 15 is 0 Å². The van der Waals surface area contributed by atoms with Gasteiger partial charge in [0.2, 0.25) is 10.0 Å². The Labute approximate surface area is 194 Å². The van der Waals surface area contributed by atoms with Crippen LogP contribution in [0.3, 0.4) is 0 Å². The maximum absolute atomic E-state index is 13.8. The van der Waals surface area contributed by atoms with Crippen LogP contribution in [0, 0.1) is 25.6 Å². The zero-order valence-corrected chi connectivity index (χ0v) is 20.0. The van der Waals surface area contributed by atoms with Gasteiger partial charge in [-0.05, 0) is 74.9 Å². The number of amides is 1. The molecule has 3 rings (SSSR count). The van der Waals surface area contributed by atoms with Crippen molar-refractivity contribution in [3.63, 3.8) is 0 Å². The zero-order chi connectivity index (χ0) is 24.3. The number of hydrogen-bond acceptors (Lipinski definition) is 5. The van der Waals surface area contributed by atoms with Crippen molar-refractivity contribution >= 4 is 27.6 Å².